The van der Waals surface area contributed by atoms with Crippen LogP contribution < -0.4 is 15.4 Å². The van der Waals surface area contributed by atoms with Crippen LogP contribution in [-0.2, 0) is 0 Å². The summed E-state index contributed by atoms with van der Waals surface area (Å²) in [6.07, 6.45) is 0. The van der Waals surface area contributed by atoms with Gasteiger partial charge in [-0.1, -0.05) is 48.5 Å². The molecule has 0 unspecified atom stereocenters. The SMILES string of the molecule is COc1ccc([C@H](NC(=O)c2ccc(NC(=O)c3cccs3)cc2)c2ccccc2)cc1. The Balaban J connectivity index is 1.50. The summed E-state index contributed by atoms with van der Waals surface area (Å²) in [5.41, 5.74) is 3.07. The van der Waals surface area contributed by atoms with Crippen molar-refractivity contribution >= 4 is 28.8 Å². The number of amides is 2. The zero-order valence-electron chi connectivity index (χ0n) is 17.4. The number of carbonyl (C=O) groups is 2. The van der Waals surface area contributed by atoms with Crippen molar-refractivity contribution in [2.75, 3.05) is 12.4 Å². The van der Waals surface area contributed by atoms with Crippen molar-refractivity contribution in [1.82, 2.24) is 5.32 Å². The minimum atomic E-state index is -0.312. The average Bonchev–Trinajstić information content (AvgIpc) is 3.39. The van der Waals surface area contributed by atoms with E-state index in [1.807, 2.05) is 66.0 Å². The van der Waals surface area contributed by atoms with Gasteiger partial charge in [-0.2, -0.15) is 0 Å². The van der Waals surface area contributed by atoms with Crippen LogP contribution in [0.25, 0.3) is 0 Å². The highest BCUT2D eigenvalue weighted by Crippen LogP contribution is 2.25. The van der Waals surface area contributed by atoms with Crippen LogP contribution in [0.1, 0.15) is 37.2 Å². The Morgan fingerprint density at radius 3 is 2.09 bits per heavy atom. The van der Waals surface area contributed by atoms with Crippen LogP contribution in [0.2, 0.25) is 0 Å². The zero-order valence-corrected chi connectivity index (χ0v) is 18.3. The molecule has 0 spiro atoms. The highest BCUT2D eigenvalue weighted by atomic mass is 32.1. The molecule has 5 nitrogen and oxygen atoms in total. The quantitative estimate of drug-likeness (QED) is 0.396. The molecule has 0 aliphatic heterocycles. The normalized spacial score (nSPS) is 11.4. The van der Waals surface area contributed by atoms with Crippen molar-refractivity contribution < 1.29 is 14.3 Å². The number of methoxy groups -OCH3 is 1. The fourth-order valence-electron chi connectivity index (χ4n) is 3.32. The van der Waals surface area contributed by atoms with Gasteiger partial charge >= 0.3 is 0 Å². The van der Waals surface area contributed by atoms with Crippen molar-refractivity contribution in [2.45, 2.75) is 6.04 Å². The predicted octanol–water partition coefficient (Wildman–Crippen LogP) is 5.53. The fourth-order valence-corrected chi connectivity index (χ4v) is 3.94. The number of hydrogen-bond acceptors (Lipinski definition) is 4. The molecule has 0 radical (unpaired) electrons. The summed E-state index contributed by atoms with van der Waals surface area (Å²) in [5.74, 6) is 0.388. The van der Waals surface area contributed by atoms with E-state index < -0.39 is 0 Å². The number of nitrogens with one attached hydrogen (secondary N) is 2. The highest BCUT2D eigenvalue weighted by molar-refractivity contribution is 7.12. The molecular formula is C26H22N2O3S. The standard InChI is InChI=1S/C26H22N2O3S/c1-31-22-15-11-19(12-16-22)24(18-6-3-2-4-7-18)28-25(29)20-9-13-21(14-10-20)27-26(30)23-8-5-17-32-23/h2-17,24H,1H3,(H,27,30)(H,28,29)/t24-/m1/s1. The number of hydrogen-bond donors (Lipinski definition) is 2. The molecule has 1 heterocycles. The van der Waals surface area contributed by atoms with Crippen LogP contribution in [0, 0.1) is 0 Å². The number of ether oxygens (including phenoxy) is 1. The lowest BCUT2D eigenvalue weighted by Gasteiger charge is -2.20. The van der Waals surface area contributed by atoms with E-state index in [0.29, 0.717) is 16.1 Å². The molecule has 0 saturated carbocycles. The Kier molecular flexibility index (Phi) is 6.63. The van der Waals surface area contributed by atoms with Crippen LogP contribution in [-0.4, -0.2) is 18.9 Å². The van der Waals surface area contributed by atoms with Gasteiger partial charge in [0.2, 0.25) is 0 Å². The molecule has 0 aliphatic carbocycles. The third kappa shape index (κ3) is 5.04. The van der Waals surface area contributed by atoms with Crippen LogP contribution in [0.3, 0.4) is 0 Å². The lowest BCUT2D eigenvalue weighted by atomic mass is 9.98. The lowest BCUT2D eigenvalue weighted by molar-refractivity contribution is 0.0942. The summed E-state index contributed by atoms with van der Waals surface area (Å²) < 4.78 is 5.25. The van der Waals surface area contributed by atoms with Gasteiger partial charge in [0.25, 0.3) is 11.8 Å². The third-order valence-corrected chi connectivity index (χ3v) is 5.88. The molecule has 0 saturated heterocycles. The summed E-state index contributed by atoms with van der Waals surface area (Å²) in [4.78, 5) is 25.9. The van der Waals surface area contributed by atoms with Crippen LogP contribution in [0.5, 0.6) is 5.75 Å². The van der Waals surface area contributed by atoms with Crippen molar-refractivity contribution in [3.8, 4) is 5.75 Å². The van der Waals surface area contributed by atoms with E-state index in [0.717, 1.165) is 16.9 Å². The van der Waals surface area contributed by atoms with Gasteiger partial charge in [-0.15, -0.1) is 11.3 Å². The number of anilines is 1. The first-order valence-corrected chi connectivity index (χ1v) is 11.0. The Morgan fingerprint density at radius 2 is 1.47 bits per heavy atom. The predicted molar refractivity (Wildman–Crippen MR) is 127 cm³/mol. The molecule has 2 amide bonds. The van der Waals surface area contributed by atoms with E-state index in [9.17, 15) is 9.59 Å². The molecule has 0 aliphatic rings. The first-order valence-electron chi connectivity index (χ1n) is 10.1. The number of carbonyl (C=O) groups excluding carboxylic acids is 2. The number of thiophene rings is 1. The lowest BCUT2D eigenvalue weighted by Crippen LogP contribution is -2.29. The summed E-state index contributed by atoms with van der Waals surface area (Å²) in [5, 5.41) is 7.82. The molecule has 3 aromatic carbocycles. The van der Waals surface area contributed by atoms with Gasteiger partial charge in [-0.25, -0.2) is 0 Å². The maximum Gasteiger partial charge on any atom is 0.265 e. The van der Waals surface area contributed by atoms with Gasteiger partial charge in [0.05, 0.1) is 18.0 Å². The summed E-state index contributed by atoms with van der Waals surface area (Å²) >= 11 is 1.38. The van der Waals surface area contributed by atoms with Gasteiger partial charge < -0.3 is 15.4 Å². The first kappa shape index (κ1) is 21.3. The minimum absolute atomic E-state index is 0.166. The first-order chi connectivity index (χ1) is 15.6. The van der Waals surface area contributed by atoms with Crippen molar-refractivity contribution in [3.63, 3.8) is 0 Å². The molecule has 32 heavy (non-hydrogen) atoms. The third-order valence-electron chi connectivity index (χ3n) is 5.01. The second-order valence-corrected chi connectivity index (χ2v) is 8.05. The van der Waals surface area contributed by atoms with Crippen molar-refractivity contribution in [3.05, 3.63) is 118 Å². The smallest absolute Gasteiger partial charge is 0.265 e. The molecule has 160 valence electrons. The molecule has 1 aromatic heterocycles. The van der Waals surface area contributed by atoms with Crippen LogP contribution in [0.4, 0.5) is 5.69 Å². The van der Waals surface area contributed by atoms with E-state index in [2.05, 4.69) is 10.6 Å². The topological polar surface area (TPSA) is 67.4 Å². The van der Waals surface area contributed by atoms with Gasteiger partial charge in [-0.05, 0) is 59.0 Å². The molecular weight excluding hydrogens is 420 g/mol. The Labute approximate surface area is 190 Å². The molecule has 1 atom stereocenters. The van der Waals surface area contributed by atoms with E-state index in [-0.39, 0.29) is 17.9 Å². The van der Waals surface area contributed by atoms with E-state index >= 15 is 0 Å². The second-order valence-electron chi connectivity index (χ2n) is 7.10. The van der Waals surface area contributed by atoms with E-state index in [4.69, 9.17) is 4.74 Å². The van der Waals surface area contributed by atoms with Crippen molar-refractivity contribution in [2.24, 2.45) is 0 Å². The molecule has 0 bridgehead atoms. The molecule has 6 heteroatoms. The maximum atomic E-state index is 13.0. The maximum absolute atomic E-state index is 13.0. The van der Waals surface area contributed by atoms with Gasteiger partial charge in [0, 0.05) is 11.3 Å². The van der Waals surface area contributed by atoms with Crippen LogP contribution in [0.15, 0.2) is 96.4 Å². The Hall–Kier alpha value is -3.90. The molecule has 4 aromatic rings. The molecule has 2 N–H and O–H groups in total. The van der Waals surface area contributed by atoms with E-state index in [1.54, 1.807) is 37.4 Å². The fraction of sp³-hybridized carbons (Fsp3) is 0.0769. The Bertz CT molecular complexity index is 1170. The van der Waals surface area contributed by atoms with Crippen molar-refractivity contribution in [1.29, 1.82) is 0 Å². The van der Waals surface area contributed by atoms with Gasteiger partial charge in [0.1, 0.15) is 5.75 Å². The van der Waals surface area contributed by atoms with Crippen LogP contribution >= 0.6 is 11.3 Å². The Morgan fingerprint density at radius 1 is 0.781 bits per heavy atom. The second kappa shape index (κ2) is 9.94. The highest BCUT2D eigenvalue weighted by Gasteiger charge is 2.18. The van der Waals surface area contributed by atoms with E-state index in [1.165, 1.54) is 11.3 Å². The summed E-state index contributed by atoms with van der Waals surface area (Å²) in [7, 11) is 1.62. The summed E-state index contributed by atoms with van der Waals surface area (Å²) in [6, 6.07) is 27.6. The molecule has 4 rings (SSSR count). The van der Waals surface area contributed by atoms with Gasteiger partial charge in [0.15, 0.2) is 0 Å². The summed E-state index contributed by atoms with van der Waals surface area (Å²) in [6.45, 7) is 0. The molecule has 0 fully saturated rings. The zero-order chi connectivity index (χ0) is 22.3. The largest absolute Gasteiger partial charge is 0.497 e. The number of rotatable bonds is 7. The number of benzene rings is 3. The minimum Gasteiger partial charge on any atom is -0.497 e. The monoisotopic (exact) mass is 442 g/mol. The van der Waals surface area contributed by atoms with Gasteiger partial charge in [-0.3, -0.25) is 9.59 Å². The average molecular weight is 443 g/mol.